The summed E-state index contributed by atoms with van der Waals surface area (Å²) in [5.74, 6) is -1.73. The second-order valence-electron chi connectivity index (χ2n) is 5.22. The van der Waals surface area contributed by atoms with Crippen molar-refractivity contribution in [2.45, 2.75) is 6.54 Å². The van der Waals surface area contributed by atoms with Crippen LogP contribution in [0.25, 0.3) is 0 Å². The van der Waals surface area contributed by atoms with E-state index in [-0.39, 0.29) is 23.2 Å². The van der Waals surface area contributed by atoms with Gasteiger partial charge in [-0.05, 0) is 30.4 Å². The van der Waals surface area contributed by atoms with Crippen LogP contribution in [-0.2, 0) is 6.54 Å². The lowest BCUT2D eigenvalue weighted by Crippen LogP contribution is -2.19. The van der Waals surface area contributed by atoms with Gasteiger partial charge in [0.05, 0.1) is 24.1 Å². The summed E-state index contributed by atoms with van der Waals surface area (Å²) >= 11 is 5.09. The van der Waals surface area contributed by atoms with Gasteiger partial charge in [-0.1, -0.05) is 18.2 Å². The molecular weight excluding hydrogens is 349 g/mol. The zero-order valence-electron chi connectivity index (χ0n) is 12.8. The van der Waals surface area contributed by atoms with Crippen LogP contribution in [-0.4, -0.2) is 14.9 Å². The fourth-order valence-electron chi connectivity index (χ4n) is 2.19. The molecule has 25 heavy (non-hydrogen) atoms. The van der Waals surface area contributed by atoms with E-state index in [1.165, 1.54) is 18.3 Å². The summed E-state index contributed by atoms with van der Waals surface area (Å²) in [6, 6.07) is 9.56. The highest BCUT2D eigenvalue weighted by atomic mass is 32.1. The van der Waals surface area contributed by atoms with Gasteiger partial charge in [-0.2, -0.15) is 5.10 Å². The maximum absolute atomic E-state index is 13.7. The van der Waals surface area contributed by atoms with Crippen LogP contribution in [0.2, 0.25) is 0 Å². The standard InChI is InChI=1S/C17H13F3N4S/c18-12-5-6-16(15(20)7-12)23-17(25)22-13-8-21-24(10-13)9-11-3-1-2-4-14(11)19/h1-8,10H,9H2,(H2,22,23,25). The van der Waals surface area contributed by atoms with Crippen molar-refractivity contribution in [2.75, 3.05) is 10.6 Å². The number of hydrogen-bond acceptors (Lipinski definition) is 2. The molecule has 1 aromatic heterocycles. The number of nitrogens with zero attached hydrogens (tertiary/aromatic N) is 2. The van der Waals surface area contributed by atoms with Gasteiger partial charge in [-0.25, -0.2) is 13.2 Å². The van der Waals surface area contributed by atoms with E-state index in [1.807, 2.05) is 0 Å². The van der Waals surface area contributed by atoms with Crippen LogP contribution in [0.1, 0.15) is 5.56 Å². The van der Waals surface area contributed by atoms with E-state index >= 15 is 0 Å². The summed E-state index contributed by atoms with van der Waals surface area (Å²) in [5, 5.41) is 9.71. The second kappa shape index (κ2) is 7.35. The third-order valence-electron chi connectivity index (χ3n) is 3.36. The lowest BCUT2D eigenvalue weighted by atomic mass is 10.2. The molecule has 0 atom stereocenters. The number of benzene rings is 2. The van der Waals surface area contributed by atoms with Crippen molar-refractivity contribution < 1.29 is 13.2 Å². The van der Waals surface area contributed by atoms with Crippen molar-refractivity contribution in [3.63, 3.8) is 0 Å². The molecule has 0 spiro atoms. The monoisotopic (exact) mass is 362 g/mol. The van der Waals surface area contributed by atoms with Crippen LogP contribution >= 0.6 is 12.2 Å². The van der Waals surface area contributed by atoms with Gasteiger partial charge in [0.1, 0.15) is 17.5 Å². The normalized spacial score (nSPS) is 10.5. The molecule has 0 bridgehead atoms. The van der Waals surface area contributed by atoms with Gasteiger partial charge in [0.15, 0.2) is 5.11 Å². The molecule has 0 saturated carbocycles. The minimum Gasteiger partial charge on any atom is -0.330 e. The first-order valence-electron chi connectivity index (χ1n) is 7.30. The summed E-state index contributed by atoms with van der Waals surface area (Å²) in [7, 11) is 0. The topological polar surface area (TPSA) is 41.9 Å². The van der Waals surface area contributed by atoms with Crippen LogP contribution in [0.4, 0.5) is 24.5 Å². The Morgan fingerprint density at radius 3 is 2.60 bits per heavy atom. The van der Waals surface area contributed by atoms with Crippen LogP contribution in [0.3, 0.4) is 0 Å². The van der Waals surface area contributed by atoms with Crippen molar-refractivity contribution in [1.29, 1.82) is 0 Å². The van der Waals surface area contributed by atoms with E-state index in [1.54, 1.807) is 29.1 Å². The Morgan fingerprint density at radius 2 is 1.84 bits per heavy atom. The lowest BCUT2D eigenvalue weighted by Gasteiger charge is -2.09. The molecule has 0 amide bonds. The maximum Gasteiger partial charge on any atom is 0.175 e. The largest absolute Gasteiger partial charge is 0.330 e. The Morgan fingerprint density at radius 1 is 1.04 bits per heavy atom. The molecule has 0 fully saturated rings. The number of aromatic nitrogens is 2. The van der Waals surface area contributed by atoms with Crippen molar-refractivity contribution in [2.24, 2.45) is 0 Å². The predicted molar refractivity (Wildman–Crippen MR) is 93.9 cm³/mol. The predicted octanol–water partition coefficient (Wildman–Crippen LogP) is 4.16. The first-order chi connectivity index (χ1) is 12.0. The highest BCUT2D eigenvalue weighted by molar-refractivity contribution is 7.80. The van der Waals surface area contributed by atoms with Crippen molar-refractivity contribution >= 4 is 28.7 Å². The Kier molecular flexibility index (Phi) is 4.99. The fourth-order valence-corrected chi connectivity index (χ4v) is 2.42. The van der Waals surface area contributed by atoms with E-state index < -0.39 is 11.6 Å². The zero-order chi connectivity index (χ0) is 17.8. The molecular formula is C17H13F3N4S. The van der Waals surface area contributed by atoms with Gasteiger partial charge in [0.25, 0.3) is 0 Å². The summed E-state index contributed by atoms with van der Waals surface area (Å²) in [5.41, 5.74) is 1.11. The van der Waals surface area contributed by atoms with Crippen LogP contribution < -0.4 is 10.6 Å². The number of hydrogen-bond donors (Lipinski definition) is 2. The molecule has 3 rings (SSSR count). The number of thiocarbonyl (C=S) groups is 1. The lowest BCUT2D eigenvalue weighted by molar-refractivity contribution is 0.585. The summed E-state index contributed by atoms with van der Waals surface area (Å²) in [6.07, 6.45) is 3.15. The Bertz CT molecular complexity index is 910. The van der Waals surface area contributed by atoms with E-state index in [9.17, 15) is 13.2 Å². The smallest absolute Gasteiger partial charge is 0.175 e. The van der Waals surface area contributed by atoms with Crippen LogP contribution in [0.5, 0.6) is 0 Å². The van der Waals surface area contributed by atoms with Crippen molar-refractivity contribution in [3.05, 3.63) is 77.9 Å². The molecule has 0 radical (unpaired) electrons. The summed E-state index contributed by atoms with van der Waals surface area (Å²) in [4.78, 5) is 0. The van der Waals surface area contributed by atoms with Gasteiger partial charge in [0.2, 0.25) is 0 Å². The van der Waals surface area contributed by atoms with Gasteiger partial charge >= 0.3 is 0 Å². The third kappa shape index (κ3) is 4.36. The van der Waals surface area contributed by atoms with E-state index in [2.05, 4.69) is 15.7 Å². The molecule has 2 N–H and O–H groups in total. The van der Waals surface area contributed by atoms with E-state index in [0.717, 1.165) is 12.1 Å². The minimum absolute atomic E-state index is 0.0534. The van der Waals surface area contributed by atoms with Gasteiger partial charge in [0, 0.05) is 17.8 Å². The summed E-state index contributed by atoms with van der Waals surface area (Å²) in [6.45, 7) is 0.265. The van der Waals surface area contributed by atoms with E-state index in [0.29, 0.717) is 11.3 Å². The molecule has 0 aliphatic carbocycles. The maximum atomic E-state index is 13.7. The van der Waals surface area contributed by atoms with Gasteiger partial charge in [-0.15, -0.1) is 0 Å². The average Bonchev–Trinajstić information content (AvgIpc) is 2.99. The molecule has 8 heteroatoms. The van der Waals surface area contributed by atoms with Crippen molar-refractivity contribution in [1.82, 2.24) is 9.78 Å². The fraction of sp³-hybridized carbons (Fsp3) is 0.0588. The third-order valence-corrected chi connectivity index (χ3v) is 3.56. The second-order valence-corrected chi connectivity index (χ2v) is 5.63. The van der Waals surface area contributed by atoms with Gasteiger partial charge in [-0.3, -0.25) is 4.68 Å². The van der Waals surface area contributed by atoms with Crippen LogP contribution in [0.15, 0.2) is 54.9 Å². The number of halogens is 3. The Balaban J connectivity index is 1.63. The first-order valence-corrected chi connectivity index (χ1v) is 7.71. The van der Waals surface area contributed by atoms with E-state index in [4.69, 9.17) is 12.2 Å². The molecule has 0 saturated heterocycles. The highest BCUT2D eigenvalue weighted by Gasteiger charge is 2.08. The Labute approximate surface area is 147 Å². The zero-order valence-corrected chi connectivity index (χ0v) is 13.7. The molecule has 3 aromatic rings. The molecule has 0 aliphatic heterocycles. The van der Waals surface area contributed by atoms with Gasteiger partial charge < -0.3 is 10.6 Å². The first kappa shape index (κ1) is 17.0. The number of anilines is 2. The molecule has 1 heterocycles. The number of rotatable bonds is 4. The highest BCUT2D eigenvalue weighted by Crippen LogP contribution is 2.16. The van der Waals surface area contributed by atoms with Crippen LogP contribution in [0, 0.1) is 17.5 Å². The quantitative estimate of drug-likeness (QED) is 0.684. The molecule has 0 unspecified atom stereocenters. The molecule has 128 valence electrons. The SMILES string of the molecule is Fc1ccc(NC(=S)Nc2cnn(Cc3ccccc3F)c2)c(F)c1. The number of nitrogens with one attached hydrogen (secondary N) is 2. The molecule has 0 aliphatic rings. The summed E-state index contributed by atoms with van der Waals surface area (Å²) < 4.78 is 41.7. The van der Waals surface area contributed by atoms with Crippen molar-refractivity contribution in [3.8, 4) is 0 Å². The molecule has 2 aromatic carbocycles. The average molecular weight is 362 g/mol. The molecule has 4 nitrogen and oxygen atoms in total. The minimum atomic E-state index is -0.751. The Hall–Kier alpha value is -2.87.